The molecule has 2 amide bonds. The van der Waals surface area contributed by atoms with E-state index in [1.165, 1.54) is 6.20 Å². The van der Waals surface area contributed by atoms with Gasteiger partial charge in [0.15, 0.2) is 0 Å². The highest BCUT2D eigenvalue weighted by Crippen LogP contribution is 2.27. The maximum atomic E-state index is 11.8. The number of amides is 2. The van der Waals surface area contributed by atoms with Crippen molar-refractivity contribution in [3.63, 3.8) is 0 Å². The van der Waals surface area contributed by atoms with Crippen molar-refractivity contribution < 1.29 is 9.53 Å². The summed E-state index contributed by atoms with van der Waals surface area (Å²) in [7, 11) is 1.61. The highest BCUT2D eigenvalue weighted by molar-refractivity contribution is 9.10. The number of nitrogens with zero attached hydrogens (tertiary/aromatic N) is 1. The average molecular weight is 339 g/mol. The predicted molar refractivity (Wildman–Crippen MR) is 79.9 cm³/mol. The smallest absolute Gasteiger partial charge is 0.319 e. The Hall–Kier alpha value is -2.02. The summed E-state index contributed by atoms with van der Waals surface area (Å²) in [6, 6.07) is 5.26. The molecule has 1 unspecified atom stereocenters. The van der Waals surface area contributed by atoms with Crippen LogP contribution in [0.3, 0.4) is 0 Å². The standard InChI is InChI=1S/C13H15BrN4O2/c1-8(9-3-4-12(20-2)11(14)5-9)17-13(19)18-10-6-15-16-7-10/h3-8H,1-2H3,(H,15,16)(H2,17,18,19). The minimum absolute atomic E-state index is 0.135. The second-order valence-corrected chi connectivity index (χ2v) is 5.06. The molecule has 1 heterocycles. The maximum Gasteiger partial charge on any atom is 0.319 e. The van der Waals surface area contributed by atoms with Gasteiger partial charge in [-0.2, -0.15) is 5.10 Å². The van der Waals surface area contributed by atoms with Crippen molar-refractivity contribution in [1.29, 1.82) is 0 Å². The Balaban J connectivity index is 1.99. The molecule has 2 rings (SSSR count). The first-order valence-electron chi connectivity index (χ1n) is 6.00. The molecule has 6 nitrogen and oxygen atoms in total. The Morgan fingerprint density at radius 1 is 1.50 bits per heavy atom. The van der Waals surface area contributed by atoms with Crippen LogP contribution in [0.15, 0.2) is 35.1 Å². The Bertz CT molecular complexity index is 586. The summed E-state index contributed by atoms with van der Waals surface area (Å²) in [5.74, 6) is 0.754. The van der Waals surface area contributed by atoms with Gasteiger partial charge >= 0.3 is 6.03 Å². The van der Waals surface area contributed by atoms with Gasteiger partial charge in [0.1, 0.15) is 5.75 Å². The molecule has 3 N–H and O–H groups in total. The molecule has 1 aromatic carbocycles. The fourth-order valence-electron chi connectivity index (χ4n) is 1.72. The number of nitrogens with one attached hydrogen (secondary N) is 3. The number of hydrogen-bond donors (Lipinski definition) is 3. The zero-order chi connectivity index (χ0) is 14.5. The number of halogens is 1. The summed E-state index contributed by atoms with van der Waals surface area (Å²) in [5, 5.41) is 11.9. The van der Waals surface area contributed by atoms with Gasteiger partial charge in [-0.25, -0.2) is 4.79 Å². The third-order valence-corrected chi connectivity index (χ3v) is 3.40. The van der Waals surface area contributed by atoms with Crippen LogP contribution in [-0.2, 0) is 0 Å². The first-order valence-corrected chi connectivity index (χ1v) is 6.79. The molecule has 1 atom stereocenters. The van der Waals surface area contributed by atoms with Crippen molar-refractivity contribution >= 4 is 27.6 Å². The van der Waals surface area contributed by atoms with E-state index in [2.05, 4.69) is 36.8 Å². The molecule has 0 saturated heterocycles. The van der Waals surface area contributed by atoms with E-state index in [1.54, 1.807) is 13.3 Å². The number of aromatic nitrogens is 2. The Kier molecular flexibility index (Phi) is 4.62. The molecule has 0 spiro atoms. The van der Waals surface area contributed by atoms with Gasteiger partial charge in [0.2, 0.25) is 0 Å². The highest BCUT2D eigenvalue weighted by Gasteiger charge is 2.11. The Labute approximate surface area is 125 Å². The largest absolute Gasteiger partial charge is 0.496 e. The fourth-order valence-corrected chi connectivity index (χ4v) is 2.28. The summed E-state index contributed by atoms with van der Waals surface area (Å²) in [4.78, 5) is 11.8. The van der Waals surface area contributed by atoms with Crippen LogP contribution < -0.4 is 15.4 Å². The molecule has 20 heavy (non-hydrogen) atoms. The van der Waals surface area contributed by atoms with Crippen molar-refractivity contribution in [1.82, 2.24) is 15.5 Å². The summed E-state index contributed by atoms with van der Waals surface area (Å²) in [6.45, 7) is 1.91. The second-order valence-electron chi connectivity index (χ2n) is 4.20. The van der Waals surface area contributed by atoms with E-state index in [9.17, 15) is 4.79 Å². The minimum atomic E-state index is -0.286. The molecule has 106 valence electrons. The third kappa shape index (κ3) is 3.51. The molecule has 7 heteroatoms. The number of hydrogen-bond acceptors (Lipinski definition) is 3. The van der Waals surface area contributed by atoms with Crippen molar-refractivity contribution in [3.8, 4) is 5.75 Å². The van der Waals surface area contributed by atoms with E-state index >= 15 is 0 Å². The zero-order valence-corrected chi connectivity index (χ0v) is 12.7. The van der Waals surface area contributed by atoms with Gasteiger partial charge in [-0.05, 0) is 40.5 Å². The van der Waals surface area contributed by atoms with Crippen LogP contribution in [0.4, 0.5) is 10.5 Å². The van der Waals surface area contributed by atoms with Crippen molar-refractivity contribution in [2.24, 2.45) is 0 Å². The summed E-state index contributed by atoms with van der Waals surface area (Å²) >= 11 is 3.42. The normalized spacial score (nSPS) is 11.8. The number of H-pyrrole nitrogens is 1. The third-order valence-electron chi connectivity index (χ3n) is 2.78. The van der Waals surface area contributed by atoms with Crippen molar-refractivity contribution in [3.05, 3.63) is 40.6 Å². The first-order chi connectivity index (χ1) is 9.60. The Morgan fingerprint density at radius 2 is 2.30 bits per heavy atom. The summed E-state index contributed by atoms with van der Waals surface area (Å²) in [6.07, 6.45) is 3.14. The van der Waals surface area contributed by atoms with Crippen LogP contribution in [0.25, 0.3) is 0 Å². The van der Waals surface area contributed by atoms with Crippen molar-refractivity contribution in [2.45, 2.75) is 13.0 Å². The van der Waals surface area contributed by atoms with Gasteiger partial charge in [0, 0.05) is 6.20 Å². The van der Waals surface area contributed by atoms with Gasteiger partial charge in [-0.1, -0.05) is 6.07 Å². The number of benzene rings is 1. The van der Waals surface area contributed by atoms with Gasteiger partial charge in [-0.3, -0.25) is 5.10 Å². The molecule has 0 bridgehead atoms. The van der Waals surface area contributed by atoms with E-state index in [4.69, 9.17) is 4.74 Å². The molecular weight excluding hydrogens is 324 g/mol. The zero-order valence-electron chi connectivity index (χ0n) is 11.1. The molecule has 0 radical (unpaired) electrons. The number of methoxy groups -OCH3 is 1. The number of carbonyl (C=O) groups excluding carboxylic acids is 1. The lowest BCUT2D eigenvalue weighted by molar-refractivity contribution is 0.249. The lowest BCUT2D eigenvalue weighted by Gasteiger charge is -2.15. The summed E-state index contributed by atoms with van der Waals surface area (Å²) < 4.78 is 6.02. The number of ether oxygens (including phenoxy) is 1. The molecule has 0 aliphatic heterocycles. The van der Waals surface area contributed by atoms with Gasteiger partial charge < -0.3 is 15.4 Å². The van der Waals surface area contributed by atoms with E-state index in [0.29, 0.717) is 5.69 Å². The predicted octanol–water partition coefficient (Wildman–Crippen LogP) is 3.06. The second kappa shape index (κ2) is 6.42. The highest BCUT2D eigenvalue weighted by atomic mass is 79.9. The van der Waals surface area contributed by atoms with Crippen molar-refractivity contribution in [2.75, 3.05) is 12.4 Å². The molecule has 0 aliphatic carbocycles. The molecule has 2 aromatic rings. The average Bonchev–Trinajstić information content (AvgIpc) is 2.91. The van der Waals surface area contributed by atoms with E-state index < -0.39 is 0 Å². The van der Waals surface area contributed by atoms with Gasteiger partial charge in [0.05, 0.1) is 29.5 Å². The quantitative estimate of drug-likeness (QED) is 0.801. The SMILES string of the molecule is COc1ccc(C(C)NC(=O)Nc2cn[nH]c2)cc1Br. The van der Waals surface area contributed by atoms with Crippen LogP contribution in [0.2, 0.25) is 0 Å². The van der Waals surface area contributed by atoms with E-state index in [-0.39, 0.29) is 12.1 Å². The van der Waals surface area contributed by atoms with E-state index in [0.717, 1.165) is 15.8 Å². The van der Waals surface area contributed by atoms with Crippen LogP contribution >= 0.6 is 15.9 Å². The van der Waals surface area contributed by atoms with Crippen LogP contribution in [0.1, 0.15) is 18.5 Å². The molecule has 0 aliphatic rings. The maximum absolute atomic E-state index is 11.8. The lowest BCUT2D eigenvalue weighted by atomic mass is 10.1. The number of aromatic amines is 1. The van der Waals surface area contributed by atoms with E-state index in [1.807, 2.05) is 25.1 Å². The number of urea groups is 1. The number of anilines is 1. The van der Waals surface area contributed by atoms with Crippen LogP contribution in [-0.4, -0.2) is 23.3 Å². The molecule has 0 fully saturated rings. The molecular formula is C13H15BrN4O2. The molecule has 1 aromatic heterocycles. The number of rotatable bonds is 4. The topological polar surface area (TPSA) is 79.0 Å². The Morgan fingerprint density at radius 3 is 2.90 bits per heavy atom. The summed E-state index contributed by atoms with van der Waals surface area (Å²) in [5.41, 5.74) is 1.59. The minimum Gasteiger partial charge on any atom is -0.496 e. The fraction of sp³-hybridized carbons (Fsp3) is 0.231. The van der Waals surface area contributed by atoms with Gasteiger partial charge in [-0.15, -0.1) is 0 Å². The van der Waals surface area contributed by atoms with Crippen LogP contribution in [0.5, 0.6) is 5.75 Å². The number of carbonyl (C=O) groups is 1. The molecule has 0 saturated carbocycles. The van der Waals surface area contributed by atoms with Crippen LogP contribution in [0, 0.1) is 0 Å². The monoisotopic (exact) mass is 338 g/mol. The lowest BCUT2D eigenvalue weighted by Crippen LogP contribution is -2.31. The first kappa shape index (κ1) is 14.4. The van der Waals surface area contributed by atoms with Gasteiger partial charge in [0.25, 0.3) is 0 Å².